The van der Waals surface area contributed by atoms with Crippen LogP contribution < -0.4 is 10.2 Å². The highest BCUT2D eigenvalue weighted by molar-refractivity contribution is 6.00. The monoisotopic (exact) mass is 343 g/mol. The van der Waals surface area contributed by atoms with Gasteiger partial charge in [-0.15, -0.1) is 0 Å². The highest BCUT2D eigenvalue weighted by Gasteiger charge is 2.36. The Balaban J connectivity index is 1.54. The third-order valence-electron chi connectivity index (χ3n) is 5.45. The van der Waals surface area contributed by atoms with Crippen molar-refractivity contribution < 1.29 is 9.59 Å². The molecule has 1 atom stereocenters. The van der Waals surface area contributed by atoms with Crippen LogP contribution in [0.2, 0.25) is 0 Å². The number of likely N-dealkylation sites (tertiary alicyclic amines) is 1. The topological polar surface area (TPSA) is 52.7 Å². The van der Waals surface area contributed by atoms with Crippen LogP contribution in [0.1, 0.15) is 38.7 Å². The fraction of sp³-hybridized carbons (Fsp3) is 0.600. The summed E-state index contributed by atoms with van der Waals surface area (Å²) in [6, 6.07) is 8.71. The SMILES string of the molecule is Cc1ccc(N2CC(C(=O)NC3CCN(C(C)C)CC3)CC2=O)cc1. The lowest BCUT2D eigenvalue weighted by Crippen LogP contribution is -2.48. The van der Waals surface area contributed by atoms with E-state index in [9.17, 15) is 9.59 Å². The maximum atomic E-state index is 12.6. The first-order chi connectivity index (χ1) is 11.9. The van der Waals surface area contributed by atoms with Gasteiger partial charge in [0.25, 0.3) is 0 Å². The van der Waals surface area contributed by atoms with Crippen molar-refractivity contribution in [3.8, 4) is 0 Å². The Morgan fingerprint density at radius 1 is 1.16 bits per heavy atom. The van der Waals surface area contributed by atoms with Crippen LogP contribution in [0.3, 0.4) is 0 Å². The number of benzene rings is 1. The summed E-state index contributed by atoms with van der Waals surface area (Å²) in [6.45, 7) is 8.99. The molecule has 0 bridgehead atoms. The molecule has 2 saturated heterocycles. The van der Waals surface area contributed by atoms with E-state index >= 15 is 0 Å². The first-order valence-corrected chi connectivity index (χ1v) is 9.35. The lowest BCUT2D eigenvalue weighted by molar-refractivity contribution is -0.127. The molecule has 0 radical (unpaired) electrons. The van der Waals surface area contributed by atoms with Gasteiger partial charge >= 0.3 is 0 Å². The van der Waals surface area contributed by atoms with Gasteiger partial charge in [-0.3, -0.25) is 9.59 Å². The molecule has 0 saturated carbocycles. The fourth-order valence-corrected chi connectivity index (χ4v) is 3.74. The highest BCUT2D eigenvalue weighted by Crippen LogP contribution is 2.26. The second-order valence-corrected chi connectivity index (χ2v) is 7.65. The quantitative estimate of drug-likeness (QED) is 0.913. The van der Waals surface area contributed by atoms with E-state index in [2.05, 4.69) is 24.1 Å². The van der Waals surface area contributed by atoms with Crippen LogP contribution in [-0.4, -0.2) is 48.4 Å². The van der Waals surface area contributed by atoms with E-state index in [1.165, 1.54) is 0 Å². The van der Waals surface area contributed by atoms with Crippen LogP contribution >= 0.6 is 0 Å². The molecule has 5 heteroatoms. The second-order valence-electron chi connectivity index (χ2n) is 7.65. The Labute approximate surface area is 150 Å². The van der Waals surface area contributed by atoms with Crippen molar-refractivity contribution in [2.45, 2.75) is 52.1 Å². The summed E-state index contributed by atoms with van der Waals surface area (Å²) >= 11 is 0. The summed E-state index contributed by atoms with van der Waals surface area (Å²) in [5, 5.41) is 3.18. The van der Waals surface area contributed by atoms with Crippen LogP contribution in [0, 0.1) is 12.8 Å². The van der Waals surface area contributed by atoms with E-state index in [0.29, 0.717) is 19.0 Å². The normalized spacial score (nSPS) is 22.6. The number of carbonyl (C=O) groups excluding carboxylic acids is 2. The van der Waals surface area contributed by atoms with Gasteiger partial charge in [0.1, 0.15) is 0 Å². The number of hydrogen-bond donors (Lipinski definition) is 1. The molecular formula is C20H29N3O2. The zero-order chi connectivity index (χ0) is 18.0. The zero-order valence-electron chi connectivity index (χ0n) is 15.5. The minimum absolute atomic E-state index is 0.0333. The molecule has 5 nitrogen and oxygen atoms in total. The zero-order valence-corrected chi connectivity index (χ0v) is 15.5. The van der Waals surface area contributed by atoms with Crippen LogP contribution in [0.15, 0.2) is 24.3 Å². The average molecular weight is 343 g/mol. The van der Waals surface area contributed by atoms with Gasteiger partial charge < -0.3 is 15.1 Å². The molecule has 2 fully saturated rings. The molecule has 0 spiro atoms. The van der Waals surface area contributed by atoms with Gasteiger partial charge in [0, 0.05) is 43.8 Å². The molecule has 1 aromatic rings. The summed E-state index contributed by atoms with van der Waals surface area (Å²) in [5.41, 5.74) is 2.05. The Morgan fingerprint density at radius 3 is 2.40 bits per heavy atom. The molecule has 1 unspecified atom stereocenters. The molecule has 0 aliphatic carbocycles. The van der Waals surface area contributed by atoms with Gasteiger partial charge in [0.05, 0.1) is 5.92 Å². The minimum atomic E-state index is -0.239. The molecule has 136 valence electrons. The van der Waals surface area contributed by atoms with Crippen molar-refractivity contribution in [1.82, 2.24) is 10.2 Å². The van der Waals surface area contributed by atoms with Crippen LogP contribution in [-0.2, 0) is 9.59 Å². The summed E-state index contributed by atoms with van der Waals surface area (Å²) < 4.78 is 0. The number of anilines is 1. The van der Waals surface area contributed by atoms with Gasteiger partial charge in [-0.25, -0.2) is 0 Å². The van der Waals surface area contributed by atoms with Gasteiger partial charge in [0.2, 0.25) is 11.8 Å². The van der Waals surface area contributed by atoms with Gasteiger partial charge in [-0.2, -0.15) is 0 Å². The van der Waals surface area contributed by atoms with Gasteiger partial charge in [-0.1, -0.05) is 17.7 Å². The van der Waals surface area contributed by atoms with E-state index < -0.39 is 0 Å². The van der Waals surface area contributed by atoms with E-state index in [1.807, 2.05) is 31.2 Å². The molecule has 25 heavy (non-hydrogen) atoms. The van der Waals surface area contributed by atoms with E-state index in [-0.39, 0.29) is 23.8 Å². The van der Waals surface area contributed by atoms with Crippen molar-refractivity contribution in [2.24, 2.45) is 5.92 Å². The summed E-state index contributed by atoms with van der Waals surface area (Å²) in [6.07, 6.45) is 2.29. The molecule has 2 aliphatic heterocycles. The number of nitrogens with one attached hydrogen (secondary N) is 1. The Kier molecular flexibility index (Phi) is 5.42. The van der Waals surface area contributed by atoms with Crippen LogP contribution in [0.4, 0.5) is 5.69 Å². The maximum absolute atomic E-state index is 12.6. The van der Waals surface area contributed by atoms with Crippen molar-refractivity contribution in [3.05, 3.63) is 29.8 Å². The number of hydrogen-bond acceptors (Lipinski definition) is 3. The molecule has 2 heterocycles. The number of nitrogens with zero attached hydrogens (tertiary/aromatic N) is 2. The number of amides is 2. The fourth-order valence-electron chi connectivity index (χ4n) is 3.74. The first-order valence-electron chi connectivity index (χ1n) is 9.35. The third-order valence-corrected chi connectivity index (χ3v) is 5.45. The van der Waals surface area contributed by atoms with Crippen molar-refractivity contribution in [1.29, 1.82) is 0 Å². The molecule has 2 amide bonds. The van der Waals surface area contributed by atoms with E-state index in [4.69, 9.17) is 0 Å². The second kappa shape index (κ2) is 7.56. The first kappa shape index (κ1) is 17.9. The van der Waals surface area contributed by atoms with Gasteiger partial charge in [-0.05, 0) is 45.7 Å². The van der Waals surface area contributed by atoms with Crippen LogP contribution in [0.25, 0.3) is 0 Å². The summed E-state index contributed by atoms with van der Waals surface area (Å²) in [7, 11) is 0. The van der Waals surface area contributed by atoms with Crippen LogP contribution in [0.5, 0.6) is 0 Å². The number of carbonyl (C=O) groups is 2. The molecule has 2 aliphatic rings. The Morgan fingerprint density at radius 2 is 1.80 bits per heavy atom. The average Bonchev–Trinajstić information content (AvgIpc) is 2.98. The predicted octanol–water partition coefficient (Wildman–Crippen LogP) is 2.34. The molecule has 1 aromatic carbocycles. The predicted molar refractivity (Wildman–Crippen MR) is 99.5 cm³/mol. The minimum Gasteiger partial charge on any atom is -0.353 e. The lowest BCUT2D eigenvalue weighted by Gasteiger charge is -2.35. The summed E-state index contributed by atoms with van der Waals surface area (Å²) in [5.74, 6) is -0.165. The van der Waals surface area contributed by atoms with Crippen molar-refractivity contribution in [3.63, 3.8) is 0 Å². The van der Waals surface area contributed by atoms with Crippen molar-refractivity contribution >= 4 is 17.5 Å². The third kappa shape index (κ3) is 4.21. The highest BCUT2D eigenvalue weighted by atomic mass is 16.2. The molecule has 0 aromatic heterocycles. The van der Waals surface area contributed by atoms with Gasteiger partial charge in [0.15, 0.2) is 0 Å². The Bertz CT molecular complexity index is 618. The van der Waals surface area contributed by atoms with E-state index in [1.54, 1.807) is 4.90 Å². The molecule has 1 N–H and O–H groups in total. The molecule has 3 rings (SSSR count). The number of piperidine rings is 1. The largest absolute Gasteiger partial charge is 0.353 e. The molecular weight excluding hydrogens is 314 g/mol. The number of aryl methyl sites for hydroxylation is 1. The summed E-state index contributed by atoms with van der Waals surface area (Å²) in [4.78, 5) is 29.1. The number of rotatable bonds is 4. The lowest BCUT2D eigenvalue weighted by atomic mass is 10.0. The maximum Gasteiger partial charge on any atom is 0.227 e. The Hall–Kier alpha value is -1.88. The standard InChI is InChI=1S/C20H29N3O2/c1-14(2)22-10-8-17(9-11-22)21-20(25)16-12-19(24)23(13-16)18-6-4-15(3)5-7-18/h4-7,14,16-17H,8-13H2,1-3H3,(H,21,25). The van der Waals surface area contributed by atoms with E-state index in [0.717, 1.165) is 37.2 Å². The van der Waals surface area contributed by atoms with Crippen molar-refractivity contribution in [2.75, 3.05) is 24.5 Å². The smallest absolute Gasteiger partial charge is 0.227 e.